The van der Waals surface area contributed by atoms with E-state index in [0.717, 1.165) is 18.4 Å². The molecule has 0 aliphatic heterocycles. The summed E-state index contributed by atoms with van der Waals surface area (Å²) >= 11 is 0. The number of hydrogen-bond acceptors (Lipinski definition) is 1. The maximum Gasteiger partial charge on any atom is 0.0313 e. The number of allylic oxidation sites excluding steroid dienone is 1. The van der Waals surface area contributed by atoms with Gasteiger partial charge in [-0.1, -0.05) is 48.9 Å². The zero-order chi connectivity index (χ0) is 13.8. The van der Waals surface area contributed by atoms with Crippen molar-refractivity contribution in [1.82, 2.24) is 5.32 Å². The normalized spacial score (nSPS) is 26.9. The van der Waals surface area contributed by atoms with Crippen LogP contribution in [0.4, 0.5) is 0 Å². The SMILES string of the molecule is CCCNC(C1=CCCCC1)C1CC1c1ccccc1. The van der Waals surface area contributed by atoms with Gasteiger partial charge in [0.1, 0.15) is 0 Å². The summed E-state index contributed by atoms with van der Waals surface area (Å²) in [5, 5.41) is 3.83. The van der Waals surface area contributed by atoms with Gasteiger partial charge in [-0.3, -0.25) is 0 Å². The van der Waals surface area contributed by atoms with Crippen LogP contribution in [0.3, 0.4) is 0 Å². The molecule has 0 radical (unpaired) electrons. The molecule has 1 aromatic carbocycles. The Morgan fingerprint density at radius 2 is 2.05 bits per heavy atom. The van der Waals surface area contributed by atoms with E-state index in [4.69, 9.17) is 0 Å². The summed E-state index contributed by atoms with van der Waals surface area (Å²) in [5.41, 5.74) is 3.24. The minimum absolute atomic E-state index is 0.639. The zero-order valence-corrected chi connectivity index (χ0v) is 12.6. The molecule has 0 heterocycles. The van der Waals surface area contributed by atoms with E-state index in [1.807, 2.05) is 0 Å². The standard InChI is InChI=1S/C19H27N/c1-2-13-20-19(16-11-7-4-8-12-16)18-14-17(18)15-9-5-3-6-10-15/h3,5-6,9-11,17-20H,2,4,7-8,12-14H2,1H3. The minimum Gasteiger partial charge on any atom is -0.310 e. The van der Waals surface area contributed by atoms with Gasteiger partial charge >= 0.3 is 0 Å². The summed E-state index contributed by atoms with van der Waals surface area (Å²) in [7, 11) is 0. The number of benzene rings is 1. The van der Waals surface area contributed by atoms with Crippen LogP contribution in [-0.4, -0.2) is 12.6 Å². The lowest BCUT2D eigenvalue weighted by molar-refractivity contribution is 0.480. The van der Waals surface area contributed by atoms with Crippen LogP contribution in [0.2, 0.25) is 0 Å². The van der Waals surface area contributed by atoms with Gasteiger partial charge in [-0.15, -0.1) is 0 Å². The van der Waals surface area contributed by atoms with Gasteiger partial charge in [0.25, 0.3) is 0 Å². The zero-order valence-electron chi connectivity index (χ0n) is 12.6. The van der Waals surface area contributed by atoms with E-state index in [1.54, 1.807) is 5.57 Å². The Kier molecular flexibility index (Phi) is 4.57. The number of nitrogens with one attached hydrogen (secondary N) is 1. The maximum atomic E-state index is 3.83. The third-order valence-corrected chi connectivity index (χ3v) is 4.84. The van der Waals surface area contributed by atoms with Gasteiger partial charge in [-0.2, -0.15) is 0 Å². The highest BCUT2D eigenvalue weighted by molar-refractivity contribution is 5.30. The van der Waals surface area contributed by atoms with Gasteiger partial charge < -0.3 is 5.32 Å². The van der Waals surface area contributed by atoms with E-state index < -0.39 is 0 Å². The molecule has 3 atom stereocenters. The van der Waals surface area contributed by atoms with E-state index in [9.17, 15) is 0 Å². The second-order valence-electron chi connectivity index (χ2n) is 6.37. The fourth-order valence-corrected chi connectivity index (χ4v) is 3.67. The largest absolute Gasteiger partial charge is 0.310 e. The van der Waals surface area contributed by atoms with Crippen molar-refractivity contribution in [2.75, 3.05) is 6.54 Å². The van der Waals surface area contributed by atoms with Crippen LogP contribution < -0.4 is 5.32 Å². The van der Waals surface area contributed by atoms with Crippen molar-refractivity contribution in [2.45, 2.75) is 57.4 Å². The van der Waals surface area contributed by atoms with E-state index in [0.29, 0.717) is 6.04 Å². The molecule has 1 heteroatoms. The Labute approximate surface area is 123 Å². The number of hydrogen-bond donors (Lipinski definition) is 1. The fraction of sp³-hybridized carbons (Fsp3) is 0.579. The summed E-state index contributed by atoms with van der Waals surface area (Å²) < 4.78 is 0. The molecule has 0 amide bonds. The Morgan fingerprint density at radius 1 is 1.20 bits per heavy atom. The third-order valence-electron chi connectivity index (χ3n) is 4.84. The Bertz CT molecular complexity index is 448. The van der Waals surface area contributed by atoms with E-state index in [2.05, 4.69) is 48.6 Å². The lowest BCUT2D eigenvalue weighted by Gasteiger charge is -2.25. The average Bonchev–Trinajstić information content (AvgIpc) is 3.30. The summed E-state index contributed by atoms with van der Waals surface area (Å²) in [4.78, 5) is 0. The molecule has 0 aromatic heterocycles. The molecule has 1 saturated carbocycles. The Morgan fingerprint density at radius 3 is 2.75 bits per heavy atom. The van der Waals surface area contributed by atoms with Gasteiger partial charge in [-0.05, 0) is 62.5 Å². The van der Waals surface area contributed by atoms with Crippen molar-refractivity contribution < 1.29 is 0 Å². The summed E-state index contributed by atoms with van der Waals surface area (Å²) in [6, 6.07) is 11.7. The van der Waals surface area contributed by atoms with E-state index in [1.165, 1.54) is 44.1 Å². The molecule has 2 aliphatic rings. The molecule has 20 heavy (non-hydrogen) atoms. The Hall–Kier alpha value is -1.08. The Balaban J connectivity index is 1.69. The predicted molar refractivity (Wildman–Crippen MR) is 85.9 cm³/mol. The predicted octanol–water partition coefficient (Wildman–Crippen LogP) is 4.66. The van der Waals surface area contributed by atoms with Crippen LogP contribution in [0.25, 0.3) is 0 Å². The van der Waals surface area contributed by atoms with Crippen molar-refractivity contribution in [1.29, 1.82) is 0 Å². The molecule has 1 aromatic rings. The third kappa shape index (κ3) is 3.15. The van der Waals surface area contributed by atoms with Crippen LogP contribution in [0, 0.1) is 5.92 Å². The van der Waals surface area contributed by atoms with Crippen molar-refractivity contribution in [3.05, 3.63) is 47.5 Å². The number of rotatable bonds is 6. The maximum absolute atomic E-state index is 3.83. The molecular weight excluding hydrogens is 242 g/mol. The van der Waals surface area contributed by atoms with Gasteiger partial charge in [-0.25, -0.2) is 0 Å². The highest BCUT2D eigenvalue weighted by Gasteiger charge is 2.44. The van der Waals surface area contributed by atoms with E-state index in [-0.39, 0.29) is 0 Å². The molecule has 0 bridgehead atoms. The molecule has 1 N–H and O–H groups in total. The molecule has 0 spiro atoms. The first-order valence-corrected chi connectivity index (χ1v) is 8.37. The van der Waals surface area contributed by atoms with Crippen molar-refractivity contribution in [3.8, 4) is 0 Å². The van der Waals surface area contributed by atoms with Crippen LogP contribution >= 0.6 is 0 Å². The molecule has 108 valence electrons. The highest BCUT2D eigenvalue weighted by atomic mass is 14.9. The molecule has 2 aliphatic carbocycles. The minimum atomic E-state index is 0.639. The summed E-state index contributed by atoms with van der Waals surface area (Å²) in [6.45, 7) is 3.42. The highest BCUT2D eigenvalue weighted by Crippen LogP contribution is 2.51. The van der Waals surface area contributed by atoms with Gasteiger partial charge in [0.2, 0.25) is 0 Å². The van der Waals surface area contributed by atoms with Crippen molar-refractivity contribution in [3.63, 3.8) is 0 Å². The quantitative estimate of drug-likeness (QED) is 0.741. The molecule has 1 nitrogen and oxygen atoms in total. The van der Waals surface area contributed by atoms with Crippen LogP contribution in [0.1, 0.15) is 56.9 Å². The van der Waals surface area contributed by atoms with Crippen LogP contribution in [-0.2, 0) is 0 Å². The second-order valence-corrected chi connectivity index (χ2v) is 6.37. The topological polar surface area (TPSA) is 12.0 Å². The lowest BCUT2D eigenvalue weighted by atomic mass is 9.90. The second kappa shape index (κ2) is 6.58. The molecule has 3 unspecified atom stereocenters. The molecule has 1 fully saturated rings. The van der Waals surface area contributed by atoms with Crippen LogP contribution in [0.15, 0.2) is 42.0 Å². The first-order chi connectivity index (χ1) is 9.90. The van der Waals surface area contributed by atoms with E-state index >= 15 is 0 Å². The monoisotopic (exact) mass is 269 g/mol. The molecular formula is C19H27N. The first kappa shape index (κ1) is 13.9. The van der Waals surface area contributed by atoms with Crippen LogP contribution in [0.5, 0.6) is 0 Å². The summed E-state index contributed by atoms with van der Waals surface area (Å²) in [6.07, 6.45) is 10.5. The van der Waals surface area contributed by atoms with Gasteiger partial charge in [0, 0.05) is 6.04 Å². The fourth-order valence-electron chi connectivity index (χ4n) is 3.67. The lowest BCUT2D eigenvalue weighted by Crippen LogP contribution is -2.34. The smallest absolute Gasteiger partial charge is 0.0313 e. The average molecular weight is 269 g/mol. The first-order valence-electron chi connectivity index (χ1n) is 8.37. The van der Waals surface area contributed by atoms with Crippen molar-refractivity contribution >= 4 is 0 Å². The van der Waals surface area contributed by atoms with Gasteiger partial charge in [0.05, 0.1) is 0 Å². The molecule has 3 rings (SSSR count). The van der Waals surface area contributed by atoms with Gasteiger partial charge in [0.15, 0.2) is 0 Å². The summed E-state index contributed by atoms with van der Waals surface area (Å²) in [5.74, 6) is 1.61. The van der Waals surface area contributed by atoms with Crippen molar-refractivity contribution in [2.24, 2.45) is 5.92 Å². The molecule has 0 saturated heterocycles.